The molecule has 2 aromatic carbocycles. The van der Waals surface area contributed by atoms with Gasteiger partial charge in [0.2, 0.25) is 0 Å². The molecule has 0 heterocycles. The quantitative estimate of drug-likeness (QED) is 0.615. The standard InChI is InChI=1S/C17H20O2S/c1-14-4-2-5-16(12-14)19-10-3-11-20-17-8-6-15(13-18)7-9-17/h2,4-9,12,18H,3,10-11,13H2,1H3. The van der Waals surface area contributed by atoms with Gasteiger partial charge in [-0.25, -0.2) is 0 Å². The molecule has 0 spiro atoms. The average Bonchev–Trinajstić information content (AvgIpc) is 2.48. The van der Waals surface area contributed by atoms with Gasteiger partial charge in [-0.1, -0.05) is 24.3 Å². The summed E-state index contributed by atoms with van der Waals surface area (Å²) in [5, 5.41) is 8.98. The van der Waals surface area contributed by atoms with Crippen LogP contribution in [0.3, 0.4) is 0 Å². The molecule has 0 amide bonds. The molecule has 0 bridgehead atoms. The largest absolute Gasteiger partial charge is 0.494 e. The number of hydrogen-bond donors (Lipinski definition) is 1. The van der Waals surface area contributed by atoms with Gasteiger partial charge in [0.15, 0.2) is 0 Å². The number of hydrogen-bond acceptors (Lipinski definition) is 3. The zero-order valence-corrected chi connectivity index (χ0v) is 12.5. The lowest BCUT2D eigenvalue weighted by Crippen LogP contribution is -1.98. The van der Waals surface area contributed by atoms with Gasteiger partial charge >= 0.3 is 0 Å². The second-order valence-corrected chi connectivity index (χ2v) is 5.84. The molecule has 0 unspecified atom stereocenters. The van der Waals surface area contributed by atoms with Gasteiger partial charge in [-0.2, -0.15) is 0 Å². The third-order valence-corrected chi connectivity index (χ3v) is 4.02. The van der Waals surface area contributed by atoms with Crippen LogP contribution in [0.1, 0.15) is 17.5 Å². The van der Waals surface area contributed by atoms with Crippen molar-refractivity contribution in [2.75, 3.05) is 12.4 Å². The van der Waals surface area contributed by atoms with Crippen molar-refractivity contribution < 1.29 is 9.84 Å². The summed E-state index contributed by atoms with van der Waals surface area (Å²) in [4.78, 5) is 1.23. The summed E-state index contributed by atoms with van der Waals surface area (Å²) in [7, 11) is 0. The second-order valence-electron chi connectivity index (χ2n) is 4.67. The van der Waals surface area contributed by atoms with Gasteiger partial charge in [0, 0.05) is 10.6 Å². The lowest BCUT2D eigenvalue weighted by molar-refractivity contribution is 0.282. The predicted octanol–water partition coefficient (Wildman–Crippen LogP) is 4.05. The molecule has 20 heavy (non-hydrogen) atoms. The van der Waals surface area contributed by atoms with Crippen molar-refractivity contribution in [3.8, 4) is 5.75 Å². The van der Waals surface area contributed by atoms with Crippen molar-refractivity contribution in [2.24, 2.45) is 0 Å². The molecule has 0 saturated carbocycles. The van der Waals surface area contributed by atoms with Crippen LogP contribution in [0.5, 0.6) is 5.75 Å². The van der Waals surface area contributed by atoms with Gasteiger partial charge < -0.3 is 9.84 Å². The highest BCUT2D eigenvalue weighted by Gasteiger charge is 1.97. The van der Waals surface area contributed by atoms with Crippen LogP contribution >= 0.6 is 11.8 Å². The fraction of sp³-hybridized carbons (Fsp3) is 0.294. The summed E-state index contributed by atoms with van der Waals surface area (Å²) in [6.45, 7) is 2.92. The van der Waals surface area contributed by atoms with Crippen LogP contribution in [0.4, 0.5) is 0 Å². The molecule has 2 rings (SSSR count). The van der Waals surface area contributed by atoms with Crippen LogP contribution in [-0.2, 0) is 6.61 Å². The molecule has 0 aliphatic heterocycles. The molecule has 0 saturated heterocycles. The smallest absolute Gasteiger partial charge is 0.119 e. The van der Waals surface area contributed by atoms with Crippen molar-refractivity contribution in [3.63, 3.8) is 0 Å². The number of benzene rings is 2. The van der Waals surface area contributed by atoms with Crippen molar-refractivity contribution in [2.45, 2.75) is 24.8 Å². The summed E-state index contributed by atoms with van der Waals surface area (Å²) in [5.41, 5.74) is 2.18. The van der Waals surface area contributed by atoms with Crippen molar-refractivity contribution in [1.82, 2.24) is 0 Å². The maximum Gasteiger partial charge on any atom is 0.119 e. The lowest BCUT2D eigenvalue weighted by Gasteiger charge is -2.07. The molecule has 0 aromatic heterocycles. The first-order chi connectivity index (χ1) is 9.78. The van der Waals surface area contributed by atoms with Crippen LogP contribution in [0, 0.1) is 6.92 Å². The Kier molecular flexibility index (Phi) is 5.96. The number of rotatable bonds is 7. The summed E-state index contributed by atoms with van der Waals surface area (Å²) in [6.07, 6.45) is 1.01. The molecule has 0 aliphatic rings. The zero-order valence-electron chi connectivity index (χ0n) is 11.7. The molecule has 106 valence electrons. The third-order valence-electron chi connectivity index (χ3n) is 2.92. The number of aliphatic hydroxyl groups is 1. The van der Waals surface area contributed by atoms with Gasteiger partial charge in [-0.15, -0.1) is 11.8 Å². The van der Waals surface area contributed by atoms with Gasteiger partial charge in [-0.3, -0.25) is 0 Å². The Morgan fingerprint density at radius 3 is 2.60 bits per heavy atom. The number of thioether (sulfide) groups is 1. The minimum absolute atomic E-state index is 0.106. The van der Waals surface area contributed by atoms with Crippen molar-refractivity contribution in [3.05, 3.63) is 59.7 Å². The molecule has 2 aromatic rings. The molecule has 1 N–H and O–H groups in total. The Balaban J connectivity index is 1.66. The zero-order chi connectivity index (χ0) is 14.2. The molecular weight excluding hydrogens is 268 g/mol. The third kappa shape index (κ3) is 4.91. The van der Waals surface area contributed by atoms with Gasteiger partial charge in [-0.05, 0) is 48.7 Å². The van der Waals surface area contributed by atoms with Crippen molar-refractivity contribution >= 4 is 11.8 Å². The number of aliphatic hydroxyl groups excluding tert-OH is 1. The first kappa shape index (κ1) is 14.9. The Morgan fingerprint density at radius 1 is 1.10 bits per heavy atom. The Labute approximate surface area is 124 Å². The first-order valence-electron chi connectivity index (χ1n) is 6.80. The van der Waals surface area contributed by atoms with Crippen molar-refractivity contribution in [1.29, 1.82) is 0 Å². The number of ether oxygens (including phenoxy) is 1. The van der Waals surface area contributed by atoms with E-state index in [1.165, 1.54) is 10.5 Å². The summed E-state index contributed by atoms with van der Waals surface area (Å²) >= 11 is 1.82. The highest BCUT2D eigenvalue weighted by Crippen LogP contribution is 2.19. The number of aryl methyl sites for hydroxylation is 1. The van der Waals surface area contributed by atoms with Crippen LogP contribution < -0.4 is 4.74 Å². The minimum Gasteiger partial charge on any atom is -0.494 e. The average molecular weight is 288 g/mol. The predicted molar refractivity (Wildman–Crippen MR) is 84.4 cm³/mol. The summed E-state index contributed by atoms with van der Waals surface area (Å²) in [6, 6.07) is 16.2. The van der Waals surface area contributed by atoms with Crippen LogP contribution in [0.15, 0.2) is 53.4 Å². The lowest BCUT2D eigenvalue weighted by atomic mass is 10.2. The van der Waals surface area contributed by atoms with E-state index in [1.807, 2.05) is 36.0 Å². The van der Waals surface area contributed by atoms with E-state index < -0.39 is 0 Å². The molecule has 0 fully saturated rings. The minimum atomic E-state index is 0.106. The van der Waals surface area contributed by atoms with Crippen LogP contribution in [-0.4, -0.2) is 17.5 Å². The first-order valence-corrected chi connectivity index (χ1v) is 7.78. The van der Waals surface area contributed by atoms with Gasteiger partial charge in [0.25, 0.3) is 0 Å². The van der Waals surface area contributed by atoms with Crippen LogP contribution in [0.25, 0.3) is 0 Å². The Bertz CT molecular complexity index is 523. The Morgan fingerprint density at radius 2 is 1.90 bits per heavy atom. The van der Waals surface area contributed by atoms with E-state index in [2.05, 4.69) is 31.2 Å². The van der Waals surface area contributed by atoms with Crippen LogP contribution in [0.2, 0.25) is 0 Å². The summed E-state index contributed by atoms with van der Waals surface area (Å²) in [5.74, 6) is 1.98. The monoisotopic (exact) mass is 288 g/mol. The van der Waals surface area contributed by atoms with E-state index in [-0.39, 0.29) is 6.61 Å². The van der Waals surface area contributed by atoms with E-state index in [4.69, 9.17) is 9.84 Å². The maximum absolute atomic E-state index is 8.98. The van der Waals surface area contributed by atoms with E-state index in [0.29, 0.717) is 0 Å². The Hall–Kier alpha value is -1.45. The molecule has 3 heteroatoms. The fourth-order valence-corrected chi connectivity index (χ4v) is 2.66. The molecular formula is C17H20O2S. The molecule has 0 atom stereocenters. The van der Waals surface area contributed by atoms with E-state index in [9.17, 15) is 0 Å². The van der Waals surface area contributed by atoms with E-state index in [0.717, 1.165) is 30.1 Å². The van der Waals surface area contributed by atoms with E-state index in [1.54, 1.807) is 0 Å². The van der Waals surface area contributed by atoms with Gasteiger partial charge in [0.1, 0.15) is 5.75 Å². The SMILES string of the molecule is Cc1cccc(OCCCSc2ccc(CO)cc2)c1. The second kappa shape index (κ2) is 7.98. The molecule has 0 aliphatic carbocycles. The highest BCUT2D eigenvalue weighted by atomic mass is 32.2. The summed E-state index contributed by atoms with van der Waals surface area (Å²) < 4.78 is 5.71. The normalized spacial score (nSPS) is 10.5. The van der Waals surface area contributed by atoms with Gasteiger partial charge in [0.05, 0.1) is 13.2 Å². The topological polar surface area (TPSA) is 29.5 Å². The van der Waals surface area contributed by atoms with E-state index >= 15 is 0 Å². The molecule has 2 nitrogen and oxygen atoms in total. The highest BCUT2D eigenvalue weighted by molar-refractivity contribution is 7.99. The fourth-order valence-electron chi connectivity index (χ4n) is 1.84. The maximum atomic E-state index is 8.98. The molecule has 0 radical (unpaired) electrons.